The number of phenols is 1. The molecule has 1 aromatic heterocycles. The van der Waals surface area contributed by atoms with Gasteiger partial charge >= 0.3 is 22.3 Å². The summed E-state index contributed by atoms with van der Waals surface area (Å²) < 4.78 is 81.5. The van der Waals surface area contributed by atoms with Crippen LogP contribution in [0.5, 0.6) is 11.5 Å². The number of hydrogen-bond acceptors (Lipinski definition) is 11. The predicted octanol–water partition coefficient (Wildman–Crippen LogP) is 3.94. The Bertz CT molecular complexity index is 2060. The summed E-state index contributed by atoms with van der Waals surface area (Å²) in [6, 6.07) is 16.1. The lowest BCUT2D eigenvalue weighted by molar-refractivity contribution is -0.928. The van der Waals surface area contributed by atoms with Crippen LogP contribution in [0.2, 0.25) is 0 Å². The van der Waals surface area contributed by atoms with E-state index in [9.17, 15) is 40.7 Å². The van der Waals surface area contributed by atoms with Crippen molar-refractivity contribution in [3.63, 3.8) is 0 Å². The maximum absolute atomic E-state index is 14.0. The molecule has 55 heavy (non-hydrogen) atoms. The number of carboxylic acid groups (broad SMARTS) is 1. The normalized spacial score (nSPS) is 17.6. The summed E-state index contributed by atoms with van der Waals surface area (Å²) in [4.78, 5) is 37.7. The predicted molar refractivity (Wildman–Crippen MR) is 186 cm³/mol. The summed E-state index contributed by atoms with van der Waals surface area (Å²) in [6.45, 7) is 4.79. The number of likely N-dealkylation sites (tertiary alicyclic amines) is 1. The van der Waals surface area contributed by atoms with Crippen LogP contribution in [0.1, 0.15) is 35.4 Å². The zero-order valence-electron chi connectivity index (χ0n) is 29.9. The van der Waals surface area contributed by atoms with Gasteiger partial charge in [-0.25, -0.2) is 9.18 Å². The molecule has 296 valence electrons. The van der Waals surface area contributed by atoms with Crippen molar-refractivity contribution in [2.24, 2.45) is 5.73 Å². The van der Waals surface area contributed by atoms with Gasteiger partial charge in [-0.05, 0) is 87.2 Å². The second-order valence-corrected chi connectivity index (χ2v) is 14.7. The van der Waals surface area contributed by atoms with Gasteiger partial charge in [-0.3, -0.25) is 9.69 Å². The number of aliphatic carboxylic acids is 1. The number of benzene rings is 3. The highest BCUT2D eigenvalue weighted by Gasteiger charge is 2.41. The van der Waals surface area contributed by atoms with Crippen LogP contribution in [0.25, 0.3) is 0 Å². The quantitative estimate of drug-likeness (QED) is 0.119. The number of anilines is 1. The average Bonchev–Trinajstić information content (AvgIpc) is 3.45. The van der Waals surface area contributed by atoms with Crippen molar-refractivity contribution in [1.29, 1.82) is 0 Å². The van der Waals surface area contributed by atoms with Gasteiger partial charge in [0.05, 0.1) is 25.7 Å². The third kappa shape index (κ3) is 11.5. The molecule has 5 rings (SSSR count). The number of quaternary nitrogens is 1. The highest BCUT2D eigenvalue weighted by molar-refractivity contribution is 7.87. The second kappa shape index (κ2) is 17.3. The van der Waals surface area contributed by atoms with Crippen molar-refractivity contribution < 1.29 is 63.8 Å². The Hall–Kier alpha value is -5.53. The molecule has 0 aliphatic carbocycles. The molecule has 14 nitrogen and oxygen atoms in total. The van der Waals surface area contributed by atoms with Gasteiger partial charge in [0.15, 0.2) is 10.7 Å². The molecule has 4 N–H and O–H groups in total. The number of nitrogens with two attached hydrogens (primary N) is 1. The Kier molecular flexibility index (Phi) is 13.3. The second-order valence-electron chi connectivity index (χ2n) is 13.2. The molecule has 3 amide bonds. The van der Waals surface area contributed by atoms with Crippen molar-refractivity contribution in [2.75, 3.05) is 25.5 Å². The molecule has 19 heteroatoms. The largest absolute Gasteiger partial charge is 0.542 e. The summed E-state index contributed by atoms with van der Waals surface area (Å²) in [5.41, 5.74) is 8.53. The number of hydrogen-bond donors (Lipinski definition) is 3. The van der Waals surface area contributed by atoms with Crippen LogP contribution >= 0.6 is 0 Å². The maximum atomic E-state index is 14.0. The number of aromatic nitrogens is 1. The highest BCUT2D eigenvalue weighted by Crippen LogP contribution is 2.28. The molecule has 1 fully saturated rings. The first kappa shape index (κ1) is 42.2. The number of nitrogens with zero attached hydrogens (tertiary/aromatic N) is 3. The Morgan fingerprint density at radius 1 is 1.05 bits per heavy atom. The zero-order chi connectivity index (χ0) is 40.7. The minimum absolute atomic E-state index is 0.00186. The summed E-state index contributed by atoms with van der Waals surface area (Å²) in [7, 11) is -2.18. The first-order valence-electron chi connectivity index (χ1n) is 16.7. The van der Waals surface area contributed by atoms with Gasteiger partial charge < -0.3 is 39.2 Å². The number of piperidine rings is 1. The number of carboxylic acids is 1. The standard InChI is InChI=1S/C34H38FN5O7S.C2HF3O2/c1-22-32(23(2)46-38-22)48(44,45)47-30-16-12-27(13-17-30)37-34(43)39(33(42)31(36)19-24-8-14-29(41)15-9-24)28-5-4-18-40(3,21-28)20-25-6-10-26(35)11-7-25;3-2(4,5)1(6)7/h6-17,28,31H,4-5,18-21,36H2,1-3H3,(H-,37,41,43);(H,6,7)/t28-,31-,40?;/m0./s1. The molecule has 1 unspecified atom stereocenters. The Morgan fingerprint density at radius 3 is 2.18 bits per heavy atom. The summed E-state index contributed by atoms with van der Waals surface area (Å²) in [5.74, 6) is -3.72. The topological polar surface area (TPSA) is 205 Å². The van der Waals surface area contributed by atoms with Crippen molar-refractivity contribution in [3.05, 3.63) is 101 Å². The summed E-state index contributed by atoms with van der Waals surface area (Å²) in [5, 5.41) is 24.9. The first-order chi connectivity index (χ1) is 25.7. The molecule has 0 radical (unpaired) electrons. The van der Waals surface area contributed by atoms with E-state index >= 15 is 0 Å². The number of amides is 3. The number of halogens is 4. The number of likely N-dealkylation sites (N-methyl/N-ethyl adjacent to an activating group) is 1. The molecule has 1 aliphatic rings. The van der Waals surface area contributed by atoms with Crippen LogP contribution in [0, 0.1) is 19.7 Å². The third-order valence-electron chi connectivity index (χ3n) is 8.66. The van der Waals surface area contributed by atoms with Crippen LogP contribution in [0.15, 0.2) is 82.2 Å². The molecular weight excluding hydrogens is 754 g/mol. The number of urea groups is 1. The Morgan fingerprint density at radius 2 is 1.64 bits per heavy atom. The number of nitrogens with one attached hydrogen (secondary N) is 1. The molecule has 3 atom stereocenters. The Balaban J connectivity index is 0.000000876. The van der Waals surface area contributed by atoms with Crippen LogP contribution in [0.3, 0.4) is 0 Å². The van der Waals surface area contributed by atoms with Crippen LogP contribution in [-0.4, -0.2) is 84.4 Å². The van der Waals surface area contributed by atoms with Gasteiger partial charge in [-0.15, -0.1) is 0 Å². The van der Waals surface area contributed by atoms with E-state index in [-0.39, 0.29) is 40.1 Å². The van der Waals surface area contributed by atoms with Crippen molar-refractivity contribution >= 4 is 33.7 Å². The first-order valence-corrected chi connectivity index (χ1v) is 18.1. The number of aryl methyl sites for hydroxylation is 2. The number of carbonyl (C=O) groups is 3. The van der Waals surface area contributed by atoms with E-state index in [4.69, 9.17) is 24.3 Å². The fourth-order valence-corrected chi connectivity index (χ4v) is 7.40. The van der Waals surface area contributed by atoms with E-state index in [0.717, 1.165) is 24.1 Å². The van der Waals surface area contributed by atoms with E-state index < -0.39 is 46.3 Å². The van der Waals surface area contributed by atoms with Crippen molar-refractivity contribution in [3.8, 4) is 11.5 Å². The summed E-state index contributed by atoms with van der Waals surface area (Å²) in [6.07, 6.45) is -3.75. The van der Waals surface area contributed by atoms with E-state index in [1.165, 1.54) is 67.3 Å². The van der Waals surface area contributed by atoms with Crippen LogP contribution in [-0.2, 0) is 32.7 Å². The SMILES string of the molecule is Cc1noc(C)c1S(=O)(=O)Oc1ccc(NC(=O)N(C(=O)[C@@H](N)Cc2ccc(O)cc2)[C@H]2CCC[N+](C)(Cc3ccc(F)cc3)C2)cc1.O=C([O-])C(F)(F)F. The summed E-state index contributed by atoms with van der Waals surface area (Å²) >= 11 is 0. The molecule has 1 aliphatic heterocycles. The number of imide groups is 1. The lowest BCUT2D eigenvalue weighted by atomic mass is 9.98. The van der Waals surface area contributed by atoms with Gasteiger partial charge in [0.25, 0.3) is 0 Å². The molecule has 0 saturated carbocycles. The molecule has 0 bridgehead atoms. The van der Waals surface area contributed by atoms with E-state index in [0.29, 0.717) is 29.7 Å². The maximum Gasteiger partial charge on any atom is 0.430 e. The number of phenolic OH excluding ortho intramolecular Hbond substituents is 1. The van der Waals surface area contributed by atoms with E-state index in [2.05, 4.69) is 10.5 Å². The third-order valence-corrected chi connectivity index (χ3v) is 10.2. The lowest BCUT2D eigenvalue weighted by Gasteiger charge is -2.44. The molecule has 1 saturated heterocycles. The number of alkyl halides is 3. The highest BCUT2D eigenvalue weighted by atomic mass is 32.2. The molecule has 2 heterocycles. The van der Waals surface area contributed by atoms with Crippen molar-refractivity contribution in [2.45, 2.75) is 62.8 Å². The monoisotopic (exact) mass is 793 g/mol. The lowest BCUT2D eigenvalue weighted by Crippen LogP contribution is -2.62. The van der Waals surface area contributed by atoms with E-state index in [1.807, 2.05) is 7.05 Å². The zero-order valence-corrected chi connectivity index (χ0v) is 30.7. The van der Waals surface area contributed by atoms with Gasteiger partial charge in [0, 0.05) is 11.3 Å². The smallest absolute Gasteiger partial charge is 0.430 e. The van der Waals surface area contributed by atoms with Crippen LogP contribution < -0.4 is 20.3 Å². The minimum atomic E-state index is -5.19. The molecular formula is C36H39F4N5O9S. The van der Waals surface area contributed by atoms with Gasteiger partial charge in [0.2, 0.25) is 5.91 Å². The fraction of sp³-hybridized carbons (Fsp3) is 0.333. The number of carbonyl (C=O) groups excluding carboxylic acids is 3. The number of rotatable bonds is 10. The number of aromatic hydroxyl groups is 1. The van der Waals surface area contributed by atoms with Gasteiger partial charge in [-0.1, -0.05) is 29.4 Å². The van der Waals surface area contributed by atoms with Crippen LogP contribution in [0.4, 0.5) is 28.0 Å². The van der Waals surface area contributed by atoms with E-state index in [1.54, 1.807) is 24.3 Å². The van der Waals surface area contributed by atoms with Gasteiger partial charge in [-0.2, -0.15) is 21.6 Å². The minimum Gasteiger partial charge on any atom is -0.542 e. The Labute approximate surface area is 313 Å². The fourth-order valence-electron chi connectivity index (χ4n) is 6.16. The average molecular weight is 794 g/mol. The van der Waals surface area contributed by atoms with Gasteiger partial charge in [0.1, 0.15) is 42.1 Å². The molecule has 3 aromatic carbocycles. The van der Waals surface area contributed by atoms with Crippen molar-refractivity contribution in [1.82, 2.24) is 10.1 Å². The molecule has 4 aromatic rings. The molecule has 0 spiro atoms.